The maximum absolute atomic E-state index is 2.41. The van der Waals surface area contributed by atoms with Gasteiger partial charge in [-0.2, -0.15) is 0 Å². The van der Waals surface area contributed by atoms with Gasteiger partial charge >= 0.3 is 0 Å². The zero-order valence-electron chi connectivity index (χ0n) is 24.2. The van der Waals surface area contributed by atoms with Crippen molar-refractivity contribution in [1.29, 1.82) is 0 Å². The van der Waals surface area contributed by atoms with Gasteiger partial charge in [0.05, 0.1) is 24.6 Å². The lowest BCUT2D eigenvalue weighted by molar-refractivity contribution is 0.560. The van der Waals surface area contributed by atoms with Crippen LogP contribution >= 0.6 is 7.26 Å². The largest absolute Gasteiger partial charge is 0.0654 e. The number of rotatable bonds is 28. The fraction of sp³-hybridized carbons (Fsp3) is 1.00. The van der Waals surface area contributed by atoms with E-state index in [4.69, 9.17) is 0 Å². The summed E-state index contributed by atoms with van der Waals surface area (Å²) in [5.41, 5.74) is 0. The highest BCUT2D eigenvalue weighted by atomic mass is 31.2. The standard InChI is InChI=1S/C32H68P/c1-5-9-13-15-17-19-21-23-25-27-31-33(29-11-7-3,30-12-8-4)32-28-26-24-22-20-18-16-14-10-6-2/h5-32H2,1-4H3/q+1. The molecular formula is C32H68P+. The molecule has 0 saturated heterocycles. The minimum absolute atomic E-state index is 0.677. The molecule has 0 aromatic carbocycles. The molecule has 1 heteroatoms. The summed E-state index contributed by atoms with van der Waals surface area (Å²) in [6, 6.07) is 0. The molecule has 33 heavy (non-hydrogen) atoms. The molecule has 0 aromatic rings. The van der Waals surface area contributed by atoms with E-state index in [9.17, 15) is 0 Å². The molecule has 0 atom stereocenters. The molecule has 0 aromatic heterocycles. The minimum atomic E-state index is -0.677. The van der Waals surface area contributed by atoms with Crippen LogP contribution in [0.1, 0.15) is 182 Å². The maximum atomic E-state index is 2.41. The van der Waals surface area contributed by atoms with Gasteiger partial charge in [0.15, 0.2) is 0 Å². The molecule has 0 rings (SSSR count). The maximum Gasteiger partial charge on any atom is 0.0594 e. The quantitative estimate of drug-likeness (QED) is 0.0766. The van der Waals surface area contributed by atoms with Gasteiger partial charge in [0.1, 0.15) is 0 Å². The Hall–Kier alpha value is 0.430. The van der Waals surface area contributed by atoms with Gasteiger partial charge in [0.2, 0.25) is 0 Å². The van der Waals surface area contributed by atoms with E-state index in [1.165, 1.54) is 141 Å². The molecule has 0 N–H and O–H groups in total. The number of unbranched alkanes of at least 4 members (excludes halogenated alkanes) is 20. The molecule has 0 aliphatic rings. The van der Waals surface area contributed by atoms with Crippen LogP contribution in [0.25, 0.3) is 0 Å². The summed E-state index contributed by atoms with van der Waals surface area (Å²) in [7, 11) is -0.677. The van der Waals surface area contributed by atoms with Crippen LogP contribution in [0, 0.1) is 0 Å². The highest BCUT2D eigenvalue weighted by Gasteiger charge is 2.34. The van der Waals surface area contributed by atoms with Gasteiger partial charge < -0.3 is 0 Å². The first-order valence-corrected chi connectivity index (χ1v) is 18.6. The van der Waals surface area contributed by atoms with Gasteiger partial charge in [-0.1, -0.05) is 143 Å². The summed E-state index contributed by atoms with van der Waals surface area (Å²) in [4.78, 5) is 0. The van der Waals surface area contributed by atoms with E-state index < -0.39 is 7.26 Å². The Morgan fingerprint density at radius 2 is 0.455 bits per heavy atom. The topological polar surface area (TPSA) is 0 Å². The third-order valence-corrected chi connectivity index (χ3v) is 13.0. The highest BCUT2D eigenvalue weighted by molar-refractivity contribution is 7.75. The summed E-state index contributed by atoms with van der Waals surface area (Å²) >= 11 is 0. The summed E-state index contributed by atoms with van der Waals surface area (Å²) < 4.78 is 0. The second-order valence-corrected chi connectivity index (χ2v) is 15.8. The van der Waals surface area contributed by atoms with Crippen LogP contribution in [0.2, 0.25) is 0 Å². The van der Waals surface area contributed by atoms with Crippen molar-refractivity contribution in [3.8, 4) is 0 Å². The van der Waals surface area contributed by atoms with Crippen LogP contribution < -0.4 is 0 Å². The van der Waals surface area contributed by atoms with Gasteiger partial charge in [-0.25, -0.2) is 0 Å². The van der Waals surface area contributed by atoms with Crippen LogP contribution in [0.3, 0.4) is 0 Å². The molecule has 0 aliphatic heterocycles. The molecular weight excluding hydrogens is 415 g/mol. The Morgan fingerprint density at radius 3 is 0.727 bits per heavy atom. The third kappa shape index (κ3) is 22.6. The second kappa shape index (κ2) is 27.0. The van der Waals surface area contributed by atoms with Crippen LogP contribution in [0.4, 0.5) is 0 Å². The molecule has 0 aliphatic carbocycles. The second-order valence-electron chi connectivity index (χ2n) is 11.3. The van der Waals surface area contributed by atoms with Gasteiger partial charge in [0.25, 0.3) is 0 Å². The fourth-order valence-corrected chi connectivity index (χ4v) is 10.6. The summed E-state index contributed by atoms with van der Waals surface area (Å²) in [6.45, 7) is 9.46. The smallest absolute Gasteiger partial charge is 0.0594 e. The molecule has 0 heterocycles. The lowest BCUT2D eigenvalue weighted by atomic mass is 10.1. The van der Waals surface area contributed by atoms with E-state index in [0.29, 0.717) is 0 Å². The van der Waals surface area contributed by atoms with Crippen molar-refractivity contribution in [3.05, 3.63) is 0 Å². The predicted molar refractivity (Wildman–Crippen MR) is 160 cm³/mol. The first-order chi connectivity index (χ1) is 16.2. The van der Waals surface area contributed by atoms with E-state index in [2.05, 4.69) is 27.7 Å². The van der Waals surface area contributed by atoms with E-state index >= 15 is 0 Å². The third-order valence-electron chi connectivity index (χ3n) is 7.94. The summed E-state index contributed by atoms with van der Waals surface area (Å²) in [6.07, 6.45) is 42.0. The van der Waals surface area contributed by atoms with Crippen LogP contribution in [0.15, 0.2) is 0 Å². The molecule has 0 unspecified atom stereocenters. The predicted octanol–water partition coefficient (Wildman–Crippen LogP) is 12.4. The molecule has 0 bridgehead atoms. The molecule has 0 amide bonds. The van der Waals surface area contributed by atoms with Crippen molar-refractivity contribution in [1.82, 2.24) is 0 Å². The van der Waals surface area contributed by atoms with Crippen LogP contribution in [-0.4, -0.2) is 24.6 Å². The molecule has 0 radical (unpaired) electrons. The molecule has 0 saturated carbocycles. The van der Waals surface area contributed by atoms with Gasteiger partial charge in [-0.15, -0.1) is 0 Å². The Morgan fingerprint density at radius 1 is 0.242 bits per heavy atom. The zero-order chi connectivity index (χ0) is 24.3. The van der Waals surface area contributed by atoms with Crippen LogP contribution in [-0.2, 0) is 0 Å². The molecule has 200 valence electrons. The normalized spacial score (nSPS) is 12.0. The number of hydrogen-bond donors (Lipinski definition) is 0. The van der Waals surface area contributed by atoms with Crippen molar-refractivity contribution < 1.29 is 0 Å². The SMILES string of the molecule is CCCCCCCCCCCC[P+](CCCC)(CCCC)CCCCCCCCCCCC. The summed E-state index contributed by atoms with van der Waals surface area (Å²) in [5.74, 6) is 0. The zero-order valence-corrected chi connectivity index (χ0v) is 25.1. The summed E-state index contributed by atoms with van der Waals surface area (Å²) in [5, 5.41) is 0. The first kappa shape index (κ1) is 33.4. The average molecular weight is 484 g/mol. The van der Waals surface area contributed by atoms with E-state index in [0.717, 1.165) is 0 Å². The van der Waals surface area contributed by atoms with Crippen molar-refractivity contribution in [3.63, 3.8) is 0 Å². The van der Waals surface area contributed by atoms with Crippen molar-refractivity contribution in [2.75, 3.05) is 24.6 Å². The Balaban J connectivity index is 4.15. The fourth-order valence-electron chi connectivity index (χ4n) is 5.53. The van der Waals surface area contributed by atoms with Gasteiger partial charge in [0, 0.05) is 7.26 Å². The molecule has 0 nitrogen and oxygen atoms in total. The van der Waals surface area contributed by atoms with E-state index in [1.54, 1.807) is 37.5 Å². The van der Waals surface area contributed by atoms with Gasteiger partial charge in [-0.05, 0) is 38.5 Å². The lowest BCUT2D eigenvalue weighted by Gasteiger charge is -2.28. The average Bonchev–Trinajstić information content (AvgIpc) is 2.83. The first-order valence-electron chi connectivity index (χ1n) is 16.1. The van der Waals surface area contributed by atoms with Crippen molar-refractivity contribution in [2.24, 2.45) is 0 Å². The van der Waals surface area contributed by atoms with E-state index in [1.807, 2.05) is 0 Å². The Bertz CT molecular complexity index is 316. The van der Waals surface area contributed by atoms with Crippen molar-refractivity contribution in [2.45, 2.75) is 182 Å². The van der Waals surface area contributed by atoms with Crippen LogP contribution in [0.5, 0.6) is 0 Å². The minimum Gasteiger partial charge on any atom is -0.0654 e. The van der Waals surface area contributed by atoms with Gasteiger partial charge in [-0.3, -0.25) is 0 Å². The number of hydrogen-bond acceptors (Lipinski definition) is 0. The van der Waals surface area contributed by atoms with Crippen molar-refractivity contribution >= 4 is 7.26 Å². The lowest BCUT2D eigenvalue weighted by Crippen LogP contribution is -2.13. The Labute approximate surface area is 213 Å². The molecule has 0 spiro atoms. The Kier molecular flexibility index (Phi) is 27.4. The molecule has 0 fully saturated rings. The monoisotopic (exact) mass is 484 g/mol. The highest BCUT2D eigenvalue weighted by Crippen LogP contribution is 2.61. The van der Waals surface area contributed by atoms with E-state index in [-0.39, 0.29) is 0 Å².